The fraction of sp³-hybridized carbons (Fsp3) is 0.412. The number of carbonyl (C=O) groups excluding carboxylic acids is 1. The zero-order valence-electron chi connectivity index (χ0n) is 15.2. The number of aromatic amines is 1. The summed E-state index contributed by atoms with van der Waals surface area (Å²) < 4.78 is 26.8. The van der Waals surface area contributed by atoms with Gasteiger partial charge >= 0.3 is 0 Å². The molecule has 2 fully saturated rings. The molecule has 1 aliphatic carbocycles. The zero-order valence-corrected chi connectivity index (χ0v) is 16.8. The number of sulfonamides is 1. The van der Waals surface area contributed by atoms with Crippen LogP contribution in [0.15, 0.2) is 29.2 Å². The highest BCUT2D eigenvalue weighted by Crippen LogP contribution is 2.43. The summed E-state index contributed by atoms with van der Waals surface area (Å²) in [5, 5.41) is 18.1. The number of halogens is 1. The maximum Gasteiger partial charge on any atom is 0.276 e. The third-order valence-corrected chi connectivity index (χ3v) is 7.39. The summed E-state index contributed by atoms with van der Waals surface area (Å²) in [7, 11) is -3.90. The highest BCUT2D eigenvalue weighted by Gasteiger charge is 2.35. The first-order valence-corrected chi connectivity index (χ1v) is 10.9. The van der Waals surface area contributed by atoms with Gasteiger partial charge < -0.3 is 4.90 Å². The molecule has 154 valence electrons. The normalized spacial score (nSPS) is 18.0. The first-order chi connectivity index (χ1) is 13.8. The number of benzene rings is 1. The Labute approximate surface area is 171 Å². The molecule has 1 saturated heterocycles. The van der Waals surface area contributed by atoms with Crippen molar-refractivity contribution >= 4 is 33.2 Å². The summed E-state index contributed by atoms with van der Waals surface area (Å²) >= 11 is 6.29. The molecule has 0 spiro atoms. The fourth-order valence-electron chi connectivity index (χ4n) is 3.31. The van der Waals surface area contributed by atoms with Gasteiger partial charge in [-0.25, -0.2) is 8.42 Å². The van der Waals surface area contributed by atoms with Crippen molar-refractivity contribution in [3.63, 3.8) is 0 Å². The molecule has 1 N–H and O–H groups in total. The molecule has 0 atom stereocenters. The minimum absolute atomic E-state index is 0.0777. The minimum Gasteiger partial charge on any atom is -0.335 e. The monoisotopic (exact) mass is 439 g/mol. The summed E-state index contributed by atoms with van der Waals surface area (Å²) in [6.45, 7) is 0.506. The van der Waals surface area contributed by atoms with Gasteiger partial charge in [0.15, 0.2) is 5.69 Å². The molecule has 1 aliphatic heterocycles. The predicted molar refractivity (Wildman–Crippen MR) is 103 cm³/mol. The second-order valence-electron chi connectivity index (χ2n) is 7.02. The molecule has 2 heterocycles. The average molecular weight is 440 g/mol. The molecular weight excluding hydrogens is 422 g/mol. The zero-order chi connectivity index (χ0) is 20.8. The van der Waals surface area contributed by atoms with E-state index in [1.54, 1.807) is 0 Å². The van der Waals surface area contributed by atoms with E-state index in [-0.39, 0.29) is 48.4 Å². The van der Waals surface area contributed by atoms with Crippen molar-refractivity contribution < 1.29 is 18.1 Å². The Bertz CT molecular complexity index is 1070. The van der Waals surface area contributed by atoms with Crippen LogP contribution in [0.3, 0.4) is 0 Å². The number of nitrogens with zero attached hydrogens (tertiary/aromatic N) is 4. The van der Waals surface area contributed by atoms with Crippen LogP contribution in [-0.4, -0.2) is 64.8 Å². The Hall–Kier alpha value is -2.50. The van der Waals surface area contributed by atoms with E-state index in [1.807, 2.05) is 0 Å². The van der Waals surface area contributed by atoms with E-state index in [0.717, 1.165) is 24.6 Å². The van der Waals surface area contributed by atoms with Crippen molar-refractivity contribution in [1.82, 2.24) is 19.4 Å². The minimum atomic E-state index is -3.90. The number of non-ortho nitro benzene ring substituents is 1. The van der Waals surface area contributed by atoms with Gasteiger partial charge in [-0.05, 0) is 18.9 Å². The van der Waals surface area contributed by atoms with Crippen molar-refractivity contribution in [3.8, 4) is 0 Å². The van der Waals surface area contributed by atoms with Gasteiger partial charge in [0.25, 0.3) is 11.6 Å². The van der Waals surface area contributed by atoms with Crippen LogP contribution < -0.4 is 0 Å². The largest absolute Gasteiger partial charge is 0.335 e. The Morgan fingerprint density at radius 1 is 1.24 bits per heavy atom. The second kappa shape index (κ2) is 7.39. The lowest BCUT2D eigenvalue weighted by Crippen LogP contribution is -2.50. The molecule has 1 aromatic carbocycles. The molecule has 1 amide bonds. The van der Waals surface area contributed by atoms with Gasteiger partial charge in [-0.2, -0.15) is 9.40 Å². The smallest absolute Gasteiger partial charge is 0.276 e. The van der Waals surface area contributed by atoms with Gasteiger partial charge in [0.05, 0.1) is 20.5 Å². The Balaban J connectivity index is 1.45. The number of H-pyrrole nitrogens is 1. The molecule has 0 bridgehead atoms. The van der Waals surface area contributed by atoms with Crippen LogP contribution in [0.25, 0.3) is 0 Å². The first-order valence-electron chi connectivity index (χ1n) is 9.06. The summed E-state index contributed by atoms with van der Waals surface area (Å²) in [6.07, 6.45) is 2.04. The number of nitro groups is 1. The summed E-state index contributed by atoms with van der Waals surface area (Å²) in [5.41, 5.74) is 0.644. The van der Waals surface area contributed by atoms with Gasteiger partial charge in [-0.3, -0.25) is 20.0 Å². The van der Waals surface area contributed by atoms with Crippen LogP contribution in [-0.2, 0) is 10.0 Å². The number of nitrogens with one attached hydrogen (secondary N) is 1. The standard InChI is InChI=1S/C17H18ClN5O5S/c18-14-15(11-4-5-11)19-20-16(14)17(24)21-6-8-22(9-7-21)29(27,28)13-3-1-2-12(10-13)23(25)26/h1-3,10-11H,4-9H2,(H,19,20). The van der Waals surface area contributed by atoms with Gasteiger partial charge in [-0.15, -0.1) is 0 Å². The first kappa shape index (κ1) is 19.8. The Morgan fingerprint density at radius 3 is 2.55 bits per heavy atom. The lowest BCUT2D eigenvalue weighted by atomic mass is 10.2. The highest BCUT2D eigenvalue weighted by molar-refractivity contribution is 7.89. The van der Waals surface area contributed by atoms with E-state index in [1.165, 1.54) is 27.4 Å². The summed E-state index contributed by atoms with van der Waals surface area (Å²) in [6, 6.07) is 4.93. The van der Waals surface area contributed by atoms with Crippen LogP contribution in [0.1, 0.15) is 34.9 Å². The van der Waals surface area contributed by atoms with E-state index >= 15 is 0 Å². The van der Waals surface area contributed by atoms with Crippen molar-refractivity contribution in [1.29, 1.82) is 0 Å². The third kappa shape index (κ3) is 3.72. The Morgan fingerprint density at radius 2 is 1.93 bits per heavy atom. The number of hydrogen-bond donors (Lipinski definition) is 1. The van der Waals surface area contributed by atoms with E-state index in [2.05, 4.69) is 10.2 Å². The SMILES string of the molecule is O=C(c1n[nH]c(C2CC2)c1Cl)N1CCN(S(=O)(=O)c2cccc([N+](=O)[O-])c2)CC1. The molecule has 10 nitrogen and oxygen atoms in total. The lowest BCUT2D eigenvalue weighted by Gasteiger charge is -2.33. The third-order valence-electron chi connectivity index (χ3n) is 5.11. The number of carbonyl (C=O) groups is 1. The molecule has 12 heteroatoms. The van der Waals surface area contributed by atoms with Crippen LogP contribution in [0.5, 0.6) is 0 Å². The Kier molecular flexibility index (Phi) is 5.05. The van der Waals surface area contributed by atoms with Crippen LogP contribution in [0, 0.1) is 10.1 Å². The van der Waals surface area contributed by atoms with Crippen LogP contribution >= 0.6 is 11.6 Å². The molecule has 2 aromatic rings. The van der Waals surface area contributed by atoms with Crippen molar-refractivity contribution in [2.75, 3.05) is 26.2 Å². The number of hydrogen-bond acceptors (Lipinski definition) is 6. The topological polar surface area (TPSA) is 130 Å². The van der Waals surface area contributed by atoms with Crippen molar-refractivity contribution in [2.45, 2.75) is 23.7 Å². The van der Waals surface area contributed by atoms with E-state index in [0.29, 0.717) is 10.9 Å². The summed E-state index contributed by atoms with van der Waals surface area (Å²) in [4.78, 5) is 24.4. The number of nitro benzene ring substituents is 1. The molecule has 2 aliphatic rings. The number of amides is 1. The molecule has 1 aromatic heterocycles. The number of rotatable bonds is 5. The predicted octanol–water partition coefficient (Wildman–Crippen LogP) is 2.00. The summed E-state index contributed by atoms with van der Waals surface area (Å²) in [5.74, 6) is -0.0148. The quantitative estimate of drug-likeness (QED) is 0.560. The fourth-order valence-corrected chi connectivity index (χ4v) is 5.10. The second-order valence-corrected chi connectivity index (χ2v) is 9.34. The van der Waals surface area contributed by atoms with Crippen molar-refractivity contribution in [3.05, 3.63) is 50.8 Å². The van der Waals surface area contributed by atoms with Gasteiger partial charge in [0.1, 0.15) is 0 Å². The van der Waals surface area contributed by atoms with Gasteiger partial charge in [-0.1, -0.05) is 17.7 Å². The van der Waals surface area contributed by atoms with Crippen LogP contribution in [0.4, 0.5) is 5.69 Å². The van der Waals surface area contributed by atoms with E-state index < -0.39 is 14.9 Å². The molecule has 4 rings (SSSR count). The maximum atomic E-state index is 12.8. The molecule has 29 heavy (non-hydrogen) atoms. The highest BCUT2D eigenvalue weighted by atomic mass is 35.5. The number of aromatic nitrogens is 2. The molecule has 1 saturated carbocycles. The van der Waals surface area contributed by atoms with E-state index in [9.17, 15) is 23.3 Å². The van der Waals surface area contributed by atoms with E-state index in [4.69, 9.17) is 11.6 Å². The average Bonchev–Trinajstić information content (AvgIpc) is 3.49. The lowest BCUT2D eigenvalue weighted by molar-refractivity contribution is -0.385. The van der Waals surface area contributed by atoms with Gasteiger partial charge in [0.2, 0.25) is 10.0 Å². The van der Waals surface area contributed by atoms with Crippen LogP contribution in [0.2, 0.25) is 5.02 Å². The van der Waals surface area contributed by atoms with Crippen molar-refractivity contribution in [2.24, 2.45) is 0 Å². The molecular formula is C17H18ClN5O5S. The molecule has 0 radical (unpaired) electrons. The molecule has 0 unspecified atom stereocenters. The van der Waals surface area contributed by atoms with Gasteiger partial charge in [0, 0.05) is 44.2 Å². The maximum absolute atomic E-state index is 12.8. The number of piperazine rings is 1.